The molecular weight excluding hydrogens is 431 g/mol. The minimum atomic E-state index is -3.60. The molecule has 0 aliphatic rings. The van der Waals surface area contributed by atoms with Crippen LogP contribution < -0.4 is 4.72 Å². The fraction of sp³-hybridized carbons (Fsp3) is 0. The maximum atomic E-state index is 12.1. The van der Waals surface area contributed by atoms with Gasteiger partial charge in [-0.15, -0.1) is 0 Å². The van der Waals surface area contributed by atoms with Gasteiger partial charge in [-0.1, -0.05) is 6.07 Å². The van der Waals surface area contributed by atoms with E-state index in [1.165, 1.54) is 18.5 Å². The van der Waals surface area contributed by atoms with Crippen molar-refractivity contribution in [1.82, 2.24) is 4.98 Å². The van der Waals surface area contributed by atoms with Gasteiger partial charge in [0.1, 0.15) is 4.90 Å². The Morgan fingerprint density at radius 1 is 1.22 bits per heavy atom. The summed E-state index contributed by atoms with van der Waals surface area (Å²) in [6, 6.07) is 8.63. The molecule has 94 valence electrons. The molecule has 0 atom stereocenters. The van der Waals surface area contributed by atoms with Crippen molar-refractivity contribution in [2.45, 2.75) is 4.90 Å². The molecule has 0 aliphatic heterocycles. The van der Waals surface area contributed by atoms with Crippen molar-refractivity contribution >= 4 is 54.2 Å². The minimum absolute atomic E-state index is 0.121. The molecule has 0 aliphatic carbocycles. The van der Waals surface area contributed by atoms with Crippen LogP contribution in [0, 0.1) is 3.57 Å². The molecule has 4 nitrogen and oxygen atoms in total. The summed E-state index contributed by atoms with van der Waals surface area (Å²) in [6.07, 6.45) is 2.84. The van der Waals surface area contributed by atoms with Gasteiger partial charge in [-0.25, -0.2) is 8.42 Å². The summed E-state index contributed by atoms with van der Waals surface area (Å²) in [6.45, 7) is 0. The molecule has 0 saturated heterocycles. The Bertz CT molecular complexity index is 676. The van der Waals surface area contributed by atoms with Crippen LogP contribution in [0.25, 0.3) is 0 Å². The predicted octanol–water partition coefficient (Wildman–Crippen LogP) is 3.25. The van der Waals surface area contributed by atoms with Crippen molar-refractivity contribution in [2.24, 2.45) is 0 Å². The fourth-order valence-corrected chi connectivity index (χ4v) is 3.40. The molecule has 1 N–H and O–H groups in total. The number of hydrogen-bond donors (Lipinski definition) is 1. The molecule has 1 aromatic heterocycles. The quantitative estimate of drug-likeness (QED) is 0.748. The molecule has 0 amide bonds. The van der Waals surface area contributed by atoms with Gasteiger partial charge in [0.2, 0.25) is 0 Å². The lowest BCUT2D eigenvalue weighted by Crippen LogP contribution is -2.13. The lowest BCUT2D eigenvalue weighted by Gasteiger charge is -2.08. The molecule has 0 unspecified atom stereocenters. The zero-order chi connectivity index (χ0) is 13.2. The van der Waals surface area contributed by atoms with E-state index in [0.29, 0.717) is 10.2 Å². The van der Waals surface area contributed by atoms with E-state index in [1.54, 1.807) is 18.2 Å². The molecule has 1 heterocycles. The highest BCUT2D eigenvalue weighted by Gasteiger charge is 2.14. The topological polar surface area (TPSA) is 59.1 Å². The van der Waals surface area contributed by atoms with Gasteiger partial charge in [0.25, 0.3) is 10.0 Å². The first-order valence-corrected chi connectivity index (χ1v) is 8.22. The summed E-state index contributed by atoms with van der Waals surface area (Å²) in [5, 5.41) is 0. The molecule has 0 spiro atoms. The van der Waals surface area contributed by atoms with Crippen molar-refractivity contribution in [3.63, 3.8) is 0 Å². The number of pyridine rings is 1. The number of halogens is 2. The van der Waals surface area contributed by atoms with Crippen LogP contribution in [0.5, 0.6) is 0 Å². The third-order valence-corrected chi connectivity index (χ3v) is 4.52. The average Bonchev–Trinajstić information content (AvgIpc) is 2.28. The first-order chi connectivity index (χ1) is 8.47. The molecule has 7 heteroatoms. The van der Waals surface area contributed by atoms with Gasteiger partial charge in [0.05, 0.1) is 0 Å². The highest BCUT2D eigenvalue weighted by molar-refractivity contribution is 14.1. The zero-order valence-electron chi connectivity index (χ0n) is 8.97. The van der Waals surface area contributed by atoms with Crippen molar-refractivity contribution in [1.29, 1.82) is 0 Å². The molecule has 0 saturated carbocycles. The Labute approximate surface area is 127 Å². The van der Waals surface area contributed by atoms with E-state index < -0.39 is 10.0 Å². The molecule has 0 bridgehead atoms. The Morgan fingerprint density at radius 2 is 2.00 bits per heavy atom. The number of aromatic nitrogens is 1. The second-order valence-electron chi connectivity index (χ2n) is 3.45. The van der Waals surface area contributed by atoms with Crippen molar-refractivity contribution < 1.29 is 8.42 Å². The Hall–Kier alpha value is -0.670. The number of hydrogen-bond acceptors (Lipinski definition) is 3. The Balaban J connectivity index is 2.33. The standard InChI is InChI=1S/C11H8BrIN2O2S/c12-8-4-11(7-14-6-8)18(16,17)15-10-3-1-2-9(13)5-10/h1-7,15H. The molecular formula is C11H8BrIN2O2S. The van der Waals surface area contributed by atoms with Gasteiger partial charge in [0.15, 0.2) is 0 Å². The largest absolute Gasteiger partial charge is 0.280 e. The summed E-state index contributed by atoms with van der Waals surface area (Å²) in [5.41, 5.74) is 0.530. The SMILES string of the molecule is O=S(=O)(Nc1cccc(I)c1)c1cncc(Br)c1. The zero-order valence-corrected chi connectivity index (χ0v) is 13.5. The number of rotatable bonds is 3. The number of nitrogens with one attached hydrogen (secondary N) is 1. The van der Waals surface area contributed by atoms with E-state index in [2.05, 4.69) is 48.2 Å². The molecule has 18 heavy (non-hydrogen) atoms. The molecule has 0 radical (unpaired) electrons. The lowest BCUT2D eigenvalue weighted by atomic mass is 10.3. The third-order valence-electron chi connectivity index (χ3n) is 2.07. The monoisotopic (exact) mass is 438 g/mol. The minimum Gasteiger partial charge on any atom is -0.280 e. The van der Waals surface area contributed by atoms with Gasteiger partial charge in [-0.3, -0.25) is 9.71 Å². The van der Waals surface area contributed by atoms with Crippen LogP contribution in [0.1, 0.15) is 0 Å². The fourth-order valence-electron chi connectivity index (χ4n) is 1.31. The maximum absolute atomic E-state index is 12.1. The van der Waals surface area contributed by atoms with E-state index >= 15 is 0 Å². The second-order valence-corrected chi connectivity index (χ2v) is 7.30. The number of benzene rings is 1. The smallest absolute Gasteiger partial charge is 0.263 e. The van der Waals surface area contributed by atoms with Crippen molar-refractivity contribution in [3.8, 4) is 0 Å². The first-order valence-electron chi connectivity index (χ1n) is 4.86. The maximum Gasteiger partial charge on any atom is 0.263 e. The van der Waals surface area contributed by atoms with Crippen LogP contribution in [-0.4, -0.2) is 13.4 Å². The van der Waals surface area contributed by atoms with Crippen LogP contribution in [0.4, 0.5) is 5.69 Å². The second kappa shape index (κ2) is 5.54. The van der Waals surface area contributed by atoms with Crippen LogP contribution in [0.15, 0.2) is 52.1 Å². The average molecular weight is 439 g/mol. The Kier molecular flexibility index (Phi) is 4.23. The van der Waals surface area contributed by atoms with Crippen molar-refractivity contribution in [2.75, 3.05) is 4.72 Å². The summed E-state index contributed by atoms with van der Waals surface area (Å²) in [4.78, 5) is 3.96. The molecule has 1 aromatic carbocycles. The highest BCUT2D eigenvalue weighted by Crippen LogP contribution is 2.19. The van der Waals surface area contributed by atoms with Crippen LogP contribution in [-0.2, 0) is 10.0 Å². The molecule has 2 aromatic rings. The first kappa shape index (κ1) is 13.8. The normalized spacial score (nSPS) is 11.2. The Morgan fingerprint density at radius 3 is 2.67 bits per heavy atom. The lowest BCUT2D eigenvalue weighted by molar-refractivity contribution is 0.600. The predicted molar refractivity (Wildman–Crippen MR) is 81.9 cm³/mol. The van der Waals surface area contributed by atoms with Gasteiger partial charge < -0.3 is 0 Å². The van der Waals surface area contributed by atoms with E-state index in [-0.39, 0.29) is 4.90 Å². The molecule has 0 fully saturated rings. The van der Waals surface area contributed by atoms with Gasteiger partial charge in [-0.2, -0.15) is 0 Å². The van der Waals surface area contributed by atoms with E-state index in [0.717, 1.165) is 3.57 Å². The number of sulfonamides is 1. The van der Waals surface area contributed by atoms with Gasteiger partial charge >= 0.3 is 0 Å². The molecule has 2 rings (SSSR count). The third kappa shape index (κ3) is 3.42. The van der Waals surface area contributed by atoms with Crippen molar-refractivity contribution in [3.05, 3.63) is 50.8 Å². The number of nitrogens with zero attached hydrogens (tertiary/aromatic N) is 1. The summed E-state index contributed by atoms with van der Waals surface area (Å²) in [5.74, 6) is 0. The van der Waals surface area contributed by atoms with Gasteiger partial charge in [-0.05, 0) is 62.8 Å². The van der Waals surface area contributed by atoms with Gasteiger partial charge in [0, 0.05) is 26.1 Å². The van der Waals surface area contributed by atoms with E-state index in [9.17, 15) is 8.42 Å². The van der Waals surface area contributed by atoms with Crippen LogP contribution >= 0.6 is 38.5 Å². The summed E-state index contributed by atoms with van der Waals surface area (Å²) < 4.78 is 28.3. The van der Waals surface area contributed by atoms with Crippen LogP contribution in [0.3, 0.4) is 0 Å². The summed E-state index contributed by atoms with van der Waals surface area (Å²) in [7, 11) is -3.60. The number of anilines is 1. The summed E-state index contributed by atoms with van der Waals surface area (Å²) >= 11 is 5.32. The van der Waals surface area contributed by atoms with Crippen LogP contribution in [0.2, 0.25) is 0 Å². The van der Waals surface area contributed by atoms with E-state index in [4.69, 9.17) is 0 Å². The highest BCUT2D eigenvalue weighted by atomic mass is 127. The van der Waals surface area contributed by atoms with E-state index in [1.807, 2.05) is 6.07 Å².